The van der Waals surface area contributed by atoms with Crippen molar-refractivity contribution in [1.82, 2.24) is 0 Å². The van der Waals surface area contributed by atoms with Gasteiger partial charge >= 0.3 is 0 Å². The van der Waals surface area contributed by atoms with Crippen LogP contribution in [0.3, 0.4) is 0 Å². The summed E-state index contributed by atoms with van der Waals surface area (Å²) >= 11 is 0. The first-order valence-corrected chi connectivity index (χ1v) is 13.8. The Hall–Kier alpha value is -1.95. The van der Waals surface area contributed by atoms with Gasteiger partial charge in [-0.05, 0) is 86.6 Å². The van der Waals surface area contributed by atoms with E-state index in [1.807, 2.05) is 0 Å². The minimum absolute atomic E-state index is 0. The lowest BCUT2D eigenvalue weighted by molar-refractivity contribution is -0.00000684. The number of rotatable bonds is 6. The van der Waals surface area contributed by atoms with Crippen molar-refractivity contribution in [3.8, 4) is 0 Å². The zero-order valence-corrected chi connectivity index (χ0v) is 22.8. The predicted molar refractivity (Wildman–Crippen MR) is 144 cm³/mol. The Kier molecular flexibility index (Phi) is 8.54. The molecule has 0 aromatic heterocycles. The fourth-order valence-electron chi connectivity index (χ4n) is 5.52. The van der Waals surface area contributed by atoms with E-state index in [2.05, 4.69) is 131 Å². The van der Waals surface area contributed by atoms with Crippen molar-refractivity contribution in [2.45, 2.75) is 52.6 Å². The van der Waals surface area contributed by atoms with Crippen molar-refractivity contribution in [3.63, 3.8) is 0 Å². The first-order chi connectivity index (χ1) is 15.5. The van der Waals surface area contributed by atoms with Crippen LogP contribution < -0.4 is 32.9 Å². The Morgan fingerprint density at radius 2 is 1.18 bits per heavy atom. The molecule has 0 saturated heterocycles. The number of benzene rings is 3. The molecule has 172 valence electrons. The van der Waals surface area contributed by atoms with Gasteiger partial charge in [-0.3, -0.25) is 0 Å². The van der Waals surface area contributed by atoms with Gasteiger partial charge in [-0.1, -0.05) is 80.1 Å². The molecule has 0 fully saturated rings. The number of allylic oxidation sites excluding steroid dienone is 4. The lowest BCUT2D eigenvalue weighted by atomic mass is 9.72. The standard InChI is InChI=1S/C31H36P.BrH/c1-25-15-14-24-31(3,4)30(25)23-22-26(2)32(27-16-8-5-9-17-27,28-18-10-6-11-19-28)29-20-12-7-13-21-29;/h5-13,16-23,26H,14-15,24H2,1-4H3;1H/q+1;/p-1. The van der Waals surface area contributed by atoms with Crippen LogP contribution in [0.1, 0.15) is 47.0 Å². The molecule has 1 atom stereocenters. The normalized spacial score (nSPS) is 17.0. The number of hydrogen-bond donors (Lipinski definition) is 0. The Morgan fingerprint density at radius 3 is 1.58 bits per heavy atom. The highest BCUT2D eigenvalue weighted by Crippen LogP contribution is 2.60. The summed E-state index contributed by atoms with van der Waals surface area (Å²) in [5.41, 5.74) is 3.75. The Labute approximate surface area is 212 Å². The average Bonchev–Trinajstić information content (AvgIpc) is 2.81. The van der Waals surface area contributed by atoms with Gasteiger partial charge in [0.1, 0.15) is 23.2 Å². The fraction of sp³-hybridized carbons (Fsp3) is 0.290. The Balaban J connectivity index is 0.00000306. The highest BCUT2D eigenvalue weighted by Gasteiger charge is 2.49. The molecule has 0 radical (unpaired) electrons. The van der Waals surface area contributed by atoms with Gasteiger partial charge in [-0.15, -0.1) is 0 Å². The molecule has 0 aliphatic heterocycles. The smallest absolute Gasteiger partial charge is 0.118 e. The quantitative estimate of drug-likeness (QED) is 0.422. The zero-order valence-electron chi connectivity index (χ0n) is 20.3. The van der Waals surface area contributed by atoms with E-state index in [-0.39, 0.29) is 22.4 Å². The van der Waals surface area contributed by atoms with Crippen molar-refractivity contribution in [3.05, 3.63) is 114 Å². The average molecular weight is 520 g/mol. The maximum absolute atomic E-state index is 2.52. The summed E-state index contributed by atoms with van der Waals surface area (Å²) in [4.78, 5) is 0. The van der Waals surface area contributed by atoms with Crippen molar-refractivity contribution >= 4 is 23.2 Å². The van der Waals surface area contributed by atoms with E-state index in [4.69, 9.17) is 0 Å². The zero-order chi connectivity index (χ0) is 22.6. The molecule has 3 aromatic carbocycles. The fourth-order valence-corrected chi connectivity index (χ4v) is 10.1. The molecular formula is C31H36BrP. The first kappa shape index (κ1) is 25.7. The Bertz CT molecular complexity index is 985. The van der Waals surface area contributed by atoms with E-state index >= 15 is 0 Å². The van der Waals surface area contributed by atoms with Crippen LogP contribution >= 0.6 is 7.26 Å². The molecule has 4 rings (SSSR count). The molecule has 0 saturated carbocycles. The number of halogens is 1. The largest absolute Gasteiger partial charge is 1.00 e. The third-order valence-corrected chi connectivity index (χ3v) is 11.9. The molecule has 1 aliphatic rings. The van der Waals surface area contributed by atoms with Gasteiger partial charge in [-0.25, -0.2) is 0 Å². The molecular weight excluding hydrogens is 483 g/mol. The van der Waals surface area contributed by atoms with E-state index in [0.717, 1.165) is 0 Å². The first-order valence-electron chi connectivity index (χ1n) is 11.9. The van der Waals surface area contributed by atoms with Gasteiger partial charge in [0, 0.05) is 0 Å². The van der Waals surface area contributed by atoms with Gasteiger partial charge in [0.25, 0.3) is 0 Å². The third-order valence-electron chi connectivity index (χ3n) is 7.19. The summed E-state index contributed by atoms with van der Waals surface area (Å²) in [6.45, 7) is 9.59. The highest BCUT2D eigenvalue weighted by atomic mass is 79.9. The molecule has 3 aromatic rings. The van der Waals surface area contributed by atoms with Crippen LogP contribution in [0.15, 0.2) is 114 Å². The summed E-state index contributed by atoms with van der Waals surface area (Å²) in [5, 5.41) is 4.34. The second-order valence-electron chi connectivity index (χ2n) is 9.76. The molecule has 1 unspecified atom stereocenters. The molecule has 0 nitrogen and oxygen atoms in total. The molecule has 0 spiro atoms. The van der Waals surface area contributed by atoms with Crippen LogP contribution in [-0.4, -0.2) is 5.66 Å². The maximum Gasteiger partial charge on any atom is 0.118 e. The van der Waals surface area contributed by atoms with Gasteiger partial charge in [-0.2, -0.15) is 0 Å². The second-order valence-corrected chi connectivity index (χ2v) is 13.6. The minimum Gasteiger partial charge on any atom is -1.00 e. The maximum atomic E-state index is 2.52. The van der Waals surface area contributed by atoms with Gasteiger partial charge in [0.2, 0.25) is 0 Å². The van der Waals surface area contributed by atoms with Crippen LogP contribution in [0.25, 0.3) is 0 Å². The van der Waals surface area contributed by atoms with Gasteiger partial charge < -0.3 is 17.0 Å². The molecule has 0 amide bonds. The van der Waals surface area contributed by atoms with Crippen LogP contribution in [-0.2, 0) is 0 Å². The van der Waals surface area contributed by atoms with E-state index < -0.39 is 7.26 Å². The summed E-state index contributed by atoms with van der Waals surface area (Å²) in [5.74, 6) is 0. The second kappa shape index (κ2) is 11.0. The lowest BCUT2D eigenvalue weighted by Gasteiger charge is -2.34. The van der Waals surface area contributed by atoms with Crippen molar-refractivity contribution in [2.75, 3.05) is 0 Å². The summed E-state index contributed by atoms with van der Waals surface area (Å²) < 4.78 is 0. The third kappa shape index (κ3) is 5.11. The van der Waals surface area contributed by atoms with Crippen molar-refractivity contribution in [1.29, 1.82) is 0 Å². The summed E-state index contributed by atoms with van der Waals surface area (Å²) in [6, 6.07) is 33.6. The molecule has 0 bridgehead atoms. The van der Waals surface area contributed by atoms with Crippen molar-refractivity contribution in [2.24, 2.45) is 5.41 Å². The van der Waals surface area contributed by atoms with E-state index in [9.17, 15) is 0 Å². The molecule has 33 heavy (non-hydrogen) atoms. The van der Waals surface area contributed by atoms with Gasteiger partial charge in [0.05, 0.1) is 5.66 Å². The molecule has 1 aliphatic carbocycles. The van der Waals surface area contributed by atoms with Crippen LogP contribution in [0.4, 0.5) is 0 Å². The molecule has 0 heterocycles. The minimum atomic E-state index is -1.88. The Morgan fingerprint density at radius 1 is 0.758 bits per heavy atom. The SMILES string of the molecule is CC1=C(C=CC(C)[P+](c2ccccc2)(c2ccccc2)c2ccccc2)C(C)(C)CCC1.[Br-]. The lowest BCUT2D eigenvalue weighted by Crippen LogP contribution is -3.00. The molecule has 0 N–H and O–H groups in total. The van der Waals surface area contributed by atoms with Crippen LogP contribution in [0.2, 0.25) is 0 Å². The van der Waals surface area contributed by atoms with Crippen molar-refractivity contribution < 1.29 is 17.0 Å². The summed E-state index contributed by atoms with van der Waals surface area (Å²) in [6.07, 6.45) is 8.80. The van der Waals surface area contributed by atoms with E-state index in [1.54, 1.807) is 11.1 Å². The van der Waals surface area contributed by atoms with Crippen LogP contribution in [0, 0.1) is 5.41 Å². The van der Waals surface area contributed by atoms with E-state index in [1.165, 1.54) is 35.2 Å². The molecule has 2 heteroatoms. The van der Waals surface area contributed by atoms with E-state index in [0.29, 0.717) is 5.66 Å². The monoisotopic (exact) mass is 518 g/mol. The van der Waals surface area contributed by atoms with Gasteiger partial charge in [0.15, 0.2) is 0 Å². The topological polar surface area (TPSA) is 0 Å². The summed E-state index contributed by atoms with van der Waals surface area (Å²) in [7, 11) is -1.88. The predicted octanol–water partition coefficient (Wildman–Crippen LogP) is 4.46. The number of hydrogen-bond acceptors (Lipinski definition) is 0. The highest BCUT2D eigenvalue weighted by molar-refractivity contribution is 7.96. The van der Waals surface area contributed by atoms with Crippen LogP contribution in [0.5, 0.6) is 0 Å².